The Labute approximate surface area is 317 Å². The molecule has 0 amide bonds. The molecule has 0 aromatic carbocycles. The molecule has 5 rings (SSSR count). The van der Waals surface area contributed by atoms with Gasteiger partial charge in [-0.25, -0.2) is 28.9 Å². The van der Waals surface area contributed by atoms with Crippen LogP contribution in [-0.2, 0) is 41.7 Å². The molecular formula is C25H36N12O14P2S2. The van der Waals surface area contributed by atoms with Crippen LogP contribution in [0.15, 0.2) is 34.8 Å². The van der Waals surface area contributed by atoms with Crippen LogP contribution >= 0.6 is 37.2 Å². The third-order valence-electron chi connectivity index (χ3n) is 8.04. The van der Waals surface area contributed by atoms with Crippen molar-refractivity contribution in [2.45, 2.75) is 67.1 Å². The Hall–Kier alpha value is -3.43. The number of carbonyl (C=O) groups is 1. The van der Waals surface area contributed by atoms with Crippen molar-refractivity contribution < 1.29 is 61.5 Å². The molecule has 0 spiro atoms. The number of hydrogen-bond donors (Lipinski definition) is 7. The van der Waals surface area contributed by atoms with Gasteiger partial charge in [0.05, 0.1) is 19.5 Å². The van der Waals surface area contributed by atoms with Crippen molar-refractivity contribution in [3.8, 4) is 0 Å². The third kappa shape index (κ3) is 10.9. The molecule has 2 fully saturated rings. The van der Waals surface area contributed by atoms with Gasteiger partial charge >= 0.3 is 27.3 Å². The van der Waals surface area contributed by atoms with E-state index in [2.05, 4.69) is 34.5 Å². The lowest BCUT2D eigenvalue weighted by molar-refractivity contribution is -0.158. The maximum atomic E-state index is 13.4. The molecule has 0 bridgehead atoms. The van der Waals surface area contributed by atoms with E-state index in [9.17, 15) is 38.5 Å². The summed E-state index contributed by atoms with van der Waals surface area (Å²) in [5.41, 5.74) is 25.7. The second-order valence-corrected chi connectivity index (χ2v) is 17.2. The number of aliphatic hydroxyl groups excluding tert-OH is 1. The third-order valence-corrected chi connectivity index (χ3v) is 11.7. The van der Waals surface area contributed by atoms with Crippen LogP contribution in [-0.4, -0.2) is 123 Å². The summed E-state index contributed by atoms with van der Waals surface area (Å²) in [4.78, 5) is 73.5. The van der Waals surface area contributed by atoms with E-state index in [0.29, 0.717) is 0 Å². The number of hydrogen-bond acceptors (Lipinski definition) is 21. The highest BCUT2D eigenvalue weighted by atomic mass is 33.1. The number of azide groups is 1. The molecule has 3 aromatic rings. The van der Waals surface area contributed by atoms with Crippen LogP contribution in [0.2, 0.25) is 0 Å². The SMILES string of the molecule is CSS[C@@H](CN=[N+]=[N-])C[C@H](N)C(=O)OC1C(COP(=O)(O)OC2CC(n3ccc(N)nc3=O)OC2COP(=O)(O)O)OC(n2cnc3c(N)ncnc32)C1O. The number of nitrogen functional groups attached to an aromatic ring is 2. The summed E-state index contributed by atoms with van der Waals surface area (Å²) < 4.78 is 59.4. The van der Waals surface area contributed by atoms with Crippen molar-refractivity contribution in [1.82, 2.24) is 29.1 Å². The number of fused-ring (bicyclic) bond motifs is 1. The Morgan fingerprint density at radius 2 is 1.91 bits per heavy atom. The van der Waals surface area contributed by atoms with Crippen molar-refractivity contribution in [2.75, 3.05) is 37.5 Å². The van der Waals surface area contributed by atoms with Crippen LogP contribution in [0.4, 0.5) is 11.6 Å². The molecule has 5 heterocycles. The molecule has 10 N–H and O–H groups in total. The van der Waals surface area contributed by atoms with E-state index < -0.39 is 89.5 Å². The van der Waals surface area contributed by atoms with Gasteiger partial charge in [0.15, 0.2) is 23.8 Å². The van der Waals surface area contributed by atoms with Crippen molar-refractivity contribution in [3.05, 3.63) is 45.8 Å². The first-order valence-corrected chi connectivity index (χ1v) is 21.4. The largest absolute Gasteiger partial charge is 0.472 e. The summed E-state index contributed by atoms with van der Waals surface area (Å²) in [6, 6.07) is 0.00509. The summed E-state index contributed by atoms with van der Waals surface area (Å²) in [6.45, 7) is -1.68. The van der Waals surface area contributed by atoms with Crippen molar-refractivity contribution in [2.24, 2.45) is 10.8 Å². The van der Waals surface area contributed by atoms with Crippen LogP contribution in [0.3, 0.4) is 0 Å². The van der Waals surface area contributed by atoms with E-state index in [0.717, 1.165) is 10.9 Å². The first kappa shape index (κ1) is 42.7. The Morgan fingerprint density at radius 3 is 2.60 bits per heavy atom. The predicted molar refractivity (Wildman–Crippen MR) is 191 cm³/mol. The number of imidazole rings is 1. The van der Waals surface area contributed by atoms with Crippen LogP contribution < -0.4 is 22.9 Å². The number of ether oxygens (including phenoxy) is 3. The molecule has 0 radical (unpaired) electrons. The maximum Gasteiger partial charge on any atom is 0.472 e. The van der Waals surface area contributed by atoms with Crippen LogP contribution in [0.1, 0.15) is 25.3 Å². The summed E-state index contributed by atoms with van der Waals surface area (Å²) in [5, 5.41) is 14.6. The first-order valence-electron chi connectivity index (χ1n) is 15.8. The molecule has 3 aromatic heterocycles. The number of esters is 1. The molecular weight excluding hydrogens is 818 g/mol. The summed E-state index contributed by atoms with van der Waals surface area (Å²) in [5.74, 6) is -1.08. The molecule has 30 heteroatoms. The molecule has 10 atom stereocenters. The summed E-state index contributed by atoms with van der Waals surface area (Å²) >= 11 is 0. The number of carbonyl (C=O) groups excluding carboxylic acids is 1. The molecule has 26 nitrogen and oxygen atoms in total. The Balaban J connectivity index is 1.34. The minimum Gasteiger partial charge on any atom is -0.455 e. The molecule has 2 aliphatic heterocycles. The van der Waals surface area contributed by atoms with E-state index in [1.807, 2.05) is 0 Å². The highest BCUT2D eigenvalue weighted by molar-refractivity contribution is 8.76. The van der Waals surface area contributed by atoms with Gasteiger partial charge in [-0.05, 0) is 24.3 Å². The normalized spacial score (nSPS) is 26.3. The van der Waals surface area contributed by atoms with E-state index in [1.54, 1.807) is 6.26 Å². The van der Waals surface area contributed by atoms with Crippen molar-refractivity contribution >= 4 is 66.0 Å². The molecule has 55 heavy (non-hydrogen) atoms. The van der Waals surface area contributed by atoms with E-state index >= 15 is 0 Å². The number of rotatable bonds is 18. The number of phosphoric acid groups is 2. The summed E-state index contributed by atoms with van der Waals surface area (Å²) in [7, 11) is -7.55. The lowest BCUT2D eigenvalue weighted by Gasteiger charge is -2.25. The second kappa shape index (κ2) is 18.2. The Morgan fingerprint density at radius 1 is 1.16 bits per heavy atom. The van der Waals surface area contributed by atoms with Gasteiger partial charge in [-0.3, -0.25) is 27.5 Å². The number of phosphoric ester groups is 2. The predicted octanol–water partition coefficient (Wildman–Crippen LogP) is -0.276. The maximum absolute atomic E-state index is 13.4. The fourth-order valence-electron chi connectivity index (χ4n) is 5.61. The van der Waals surface area contributed by atoms with Crippen LogP contribution in [0, 0.1) is 0 Å². The molecule has 2 aliphatic rings. The Kier molecular flexibility index (Phi) is 14.2. The van der Waals surface area contributed by atoms with E-state index in [-0.39, 0.29) is 47.4 Å². The van der Waals surface area contributed by atoms with Gasteiger partial charge < -0.3 is 51.2 Å². The molecule has 0 saturated carbocycles. The fourth-order valence-corrected chi connectivity index (χ4v) is 8.83. The van der Waals surface area contributed by atoms with Gasteiger partial charge in [-0.1, -0.05) is 26.7 Å². The smallest absolute Gasteiger partial charge is 0.455 e. The lowest BCUT2D eigenvalue weighted by Crippen LogP contribution is -2.44. The highest BCUT2D eigenvalue weighted by Crippen LogP contribution is 2.50. The average Bonchev–Trinajstić information content (AvgIpc) is 3.80. The number of aromatic nitrogens is 6. The number of aliphatic hydroxyl groups is 1. The second-order valence-electron chi connectivity index (χ2n) is 11.8. The summed E-state index contributed by atoms with van der Waals surface area (Å²) in [6.07, 6.45) is -5.16. The van der Waals surface area contributed by atoms with Gasteiger partial charge in [-0.2, -0.15) is 4.98 Å². The topological polar surface area (TPSA) is 393 Å². The zero-order valence-electron chi connectivity index (χ0n) is 28.4. The zero-order valence-corrected chi connectivity index (χ0v) is 31.8. The molecule has 302 valence electrons. The number of nitrogens with zero attached hydrogens (tertiary/aromatic N) is 9. The standard InChI is InChI=1S/C25H36N12O14P2S2/c1-54-55-11(6-33-35-29)4-12(26)24(39)50-20-15(49-23(19(20)38)37-10-32-18-21(28)30-9-31-22(18)37)8-47-53(44,45)51-13-5-17(36-3-2-16(27)34-25(36)40)48-14(13)7-46-52(41,42)43/h2-3,9-15,17,19-20,23,38H,4-8,26H2,1H3,(H,44,45)(H2,27,34,40)(H2,28,30,31)(H2,41,42,43)/t11-,12+,13?,14?,15?,17?,19?,20?,23?/m1/s1. The monoisotopic (exact) mass is 854 g/mol. The van der Waals surface area contributed by atoms with Gasteiger partial charge in [0.1, 0.15) is 54.3 Å². The lowest BCUT2D eigenvalue weighted by atomic mass is 10.1. The Bertz CT molecular complexity index is 2040. The molecule has 2 saturated heterocycles. The van der Waals surface area contributed by atoms with Gasteiger partial charge in [0.25, 0.3) is 0 Å². The minimum absolute atomic E-state index is 0.00949. The van der Waals surface area contributed by atoms with Gasteiger partial charge in [0.2, 0.25) is 0 Å². The minimum atomic E-state index is -5.18. The van der Waals surface area contributed by atoms with Gasteiger partial charge in [-0.15, -0.1) is 0 Å². The van der Waals surface area contributed by atoms with E-state index in [1.165, 1.54) is 44.7 Å². The first-order chi connectivity index (χ1) is 26.0. The zero-order chi connectivity index (χ0) is 40.1. The average molecular weight is 855 g/mol. The van der Waals surface area contributed by atoms with E-state index in [4.69, 9.17) is 46.0 Å². The van der Waals surface area contributed by atoms with Crippen molar-refractivity contribution in [3.63, 3.8) is 0 Å². The highest BCUT2D eigenvalue weighted by Gasteiger charge is 2.50. The molecule has 8 unspecified atom stereocenters. The van der Waals surface area contributed by atoms with Crippen LogP contribution in [0.25, 0.3) is 21.6 Å². The number of nitrogens with two attached hydrogens (primary N) is 3. The van der Waals surface area contributed by atoms with Crippen LogP contribution in [0.5, 0.6) is 0 Å². The van der Waals surface area contributed by atoms with Crippen molar-refractivity contribution in [1.29, 1.82) is 0 Å². The van der Waals surface area contributed by atoms with Gasteiger partial charge in [0, 0.05) is 29.3 Å². The molecule has 0 aliphatic carbocycles. The number of anilines is 2. The fraction of sp³-hybridized carbons (Fsp3) is 0.600. The quantitative estimate of drug-likeness (QED) is 0.0216.